The first-order valence-corrected chi connectivity index (χ1v) is 5.10. The van der Waals surface area contributed by atoms with Gasteiger partial charge in [-0.15, -0.1) is 0 Å². The highest BCUT2D eigenvalue weighted by molar-refractivity contribution is 5.72. The molecule has 1 fully saturated rings. The molecule has 0 spiro atoms. The molecule has 0 radical (unpaired) electrons. The smallest absolute Gasteiger partial charge is 0.217 e. The van der Waals surface area contributed by atoms with Crippen LogP contribution in [0.25, 0.3) is 0 Å². The quantitative estimate of drug-likeness (QED) is 0.762. The molecular formula is C11H15N3O. The van der Waals surface area contributed by atoms with E-state index >= 15 is 0 Å². The zero-order valence-corrected chi connectivity index (χ0v) is 8.79. The Hall–Kier alpha value is -1.42. The van der Waals surface area contributed by atoms with Crippen molar-refractivity contribution in [3.63, 3.8) is 0 Å². The molecule has 15 heavy (non-hydrogen) atoms. The van der Waals surface area contributed by atoms with Gasteiger partial charge in [0.05, 0.1) is 23.5 Å². The van der Waals surface area contributed by atoms with Crippen LogP contribution in [0.1, 0.15) is 31.2 Å². The fourth-order valence-electron chi connectivity index (χ4n) is 1.46. The van der Waals surface area contributed by atoms with Crippen LogP contribution in [0.4, 0.5) is 0 Å². The molecule has 0 atom stereocenters. The van der Waals surface area contributed by atoms with Gasteiger partial charge < -0.3 is 11.1 Å². The number of pyridine rings is 1. The second kappa shape index (κ2) is 3.62. The maximum absolute atomic E-state index is 10.7. The number of aromatic nitrogens is 1. The summed E-state index contributed by atoms with van der Waals surface area (Å²) in [6, 6.07) is 5.78. The first-order valence-electron chi connectivity index (χ1n) is 5.10. The lowest BCUT2D eigenvalue weighted by atomic mass is 10.1. The van der Waals surface area contributed by atoms with Crippen molar-refractivity contribution >= 4 is 5.91 Å². The van der Waals surface area contributed by atoms with Gasteiger partial charge in [-0.2, -0.15) is 0 Å². The second-order valence-corrected chi connectivity index (χ2v) is 4.08. The number of nitrogens with zero attached hydrogens (tertiary/aromatic N) is 1. The van der Waals surface area contributed by atoms with Crippen LogP contribution in [-0.4, -0.2) is 10.9 Å². The van der Waals surface area contributed by atoms with Gasteiger partial charge >= 0.3 is 0 Å². The summed E-state index contributed by atoms with van der Waals surface area (Å²) in [4.78, 5) is 15.2. The molecule has 1 saturated carbocycles. The molecule has 4 nitrogen and oxygen atoms in total. The monoisotopic (exact) mass is 205 g/mol. The highest BCUT2D eigenvalue weighted by atomic mass is 16.1. The molecule has 0 saturated heterocycles. The van der Waals surface area contributed by atoms with Gasteiger partial charge in [-0.25, -0.2) is 0 Å². The third kappa shape index (κ3) is 2.33. The van der Waals surface area contributed by atoms with Crippen molar-refractivity contribution in [2.75, 3.05) is 0 Å². The van der Waals surface area contributed by atoms with Gasteiger partial charge in [0.25, 0.3) is 0 Å². The topological polar surface area (TPSA) is 68.0 Å². The molecule has 1 aliphatic carbocycles. The maximum Gasteiger partial charge on any atom is 0.217 e. The number of carbonyl (C=O) groups is 1. The van der Waals surface area contributed by atoms with E-state index in [1.807, 2.05) is 18.2 Å². The van der Waals surface area contributed by atoms with Crippen LogP contribution in [0.5, 0.6) is 0 Å². The number of hydrogen-bond acceptors (Lipinski definition) is 3. The molecular weight excluding hydrogens is 190 g/mol. The van der Waals surface area contributed by atoms with Crippen molar-refractivity contribution in [1.82, 2.24) is 10.3 Å². The van der Waals surface area contributed by atoms with E-state index in [-0.39, 0.29) is 11.4 Å². The average molecular weight is 205 g/mol. The molecule has 0 unspecified atom stereocenters. The Balaban J connectivity index is 2.09. The molecule has 4 heteroatoms. The van der Waals surface area contributed by atoms with Gasteiger partial charge in [-0.05, 0) is 25.0 Å². The van der Waals surface area contributed by atoms with Crippen molar-refractivity contribution in [3.05, 3.63) is 29.6 Å². The average Bonchev–Trinajstić information content (AvgIpc) is 2.95. The summed E-state index contributed by atoms with van der Waals surface area (Å²) in [5.74, 6) is -0.0453. The highest BCUT2D eigenvalue weighted by Gasteiger charge is 2.41. The number of rotatable bonds is 3. The Morgan fingerprint density at radius 2 is 2.33 bits per heavy atom. The predicted octanol–water partition coefficient (Wildman–Crippen LogP) is 0.665. The normalized spacial score (nSPS) is 17.2. The lowest BCUT2D eigenvalue weighted by Gasteiger charge is -2.09. The lowest BCUT2D eigenvalue weighted by molar-refractivity contribution is -0.119. The minimum absolute atomic E-state index is 0.0453. The summed E-state index contributed by atoms with van der Waals surface area (Å²) in [5.41, 5.74) is 7.64. The third-order valence-electron chi connectivity index (χ3n) is 2.62. The van der Waals surface area contributed by atoms with Crippen molar-refractivity contribution in [3.8, 4) is 0 Å². The van der Waals surface area contributed by atoms with Crippen LogP contribution in [0.15, 0.2) is 18.2 Å². The molecule has 0 aromatic carbocycles. The molecule has 0 aliphatic heterocycles. The van der Waals surface area contributed by atoms with Crippen LogP contribution < -0.4 is 11.1 Å². The van der Waals surface area contributed by atoms with E-state index in [1.54, 1.807) is 0 Å². The van der Waals surface area contributed by atoms with Gasteiger partial charge in [0.2, 0.25) is 5.91 Å². The third-order valence-corrected chi connectivity index (χ3v) is 2.62. The molecule has 1 aromatic rings. The van der Waals surface area contributed by atoms with Crippen LogP contribution in [0, 0.1) is 0 Å². The number of carbonyl (C=O) groups excluding carboxylic acids is 1. The van der Waals surface area contributed by atoms with E-state index in [2.05, 4.69) is 10.3 Å². The maximum atomic E-state index is 10.7. The fourth-order valence-corrected chi connectivity index (χ4v) is 1.46. The Morgan fingerprint density at radius 3 is 2.93 bits per heavy atom. The van der Waals surface area contributed by atoms with Crippen LogP contribution in [0.2, 0.25) is 0 Å². The summed E-state index contributed by atoms with van der Waals surface area (Å²) in [7, 11) is 0. The van der Waals surface area contributed by atoms with Crippen molar-refractivity contribution in [2.24, 2.45) is 5.73 Å². The van der Waals surface area contributed by atoms with E-state index in [9.17, 15) is 4.79 Å². The van der Waals surface area contributed by atoms with E-state index in [0.717, 1.165) is 24.2 Å². The molecule has 80 valence electrons. The molecule has 2 rings (SSSR count). The summed E-state index contributed by atoms with van der Waals surface area (Å²) in [6.07, 6.45) is 2.01. The molecule has 3 N–H and O–H groups in total. The number of nitrogens with one attached hydrogen (secondary N) is 1. The van der Waals surface area contributed by atoms with E-state index in [1.165, 1.54) is 6.92 Å². The Morgan fingerprint density at radius 1 is 1.60 bits per heavy atom. The van der Waals surface area contributed by atoms with Gasteiger partial charge in [0, 0.05) is 6.92 Å². The minimum atomic E-state index is -0.202. The fraction of sp³-hybridized carbons (Fsp3) is 0.455. The number of nitrogens with two attached hydrogens (primary N) is 1. The standard InChI is InChI=1S/C11H15N3O/c1-8(15)13-7-9-3-2-4-10(14-9)11(12)5-6-11/h2-4H,5-7,12H2,1H3,(H,13,15). The molecule has 1 heterocycles. The summed E-state index contributed by atoms with van der Waals surface area (Å²) < 4.78 is 0. The minimum Gasteiger partial charge on any atom is -0.351 e. The van der Waals surface area contributed by atoms with Gasteiger partial charge in [0.1, 0.15) is 0 Å². The molecule has 1 aromatic heterocycles. The van der Waals surface area contributed by atoms with Crippen LogP contribution in [-0.2, 0) is 16.9 Å². The highest BCUT2D eigenvalue weighted by Crippen LogP contribution is 2.41. The Bertz CT molecular complexity index is 385. The van der Waals surface area contributed by atoms with Crippen molar-refractivity contribution < 1.29 is 4.79 Å². The Kier molecular flexibility index (Phi) is 2.44. The summed E-state index contributed by atoms with van der Waals surface area (Å²) in [6.45, 7) is 1.97. The van der Waals surface area contributed by atoms with E-state index in [0.29, 0.717) is 6.54 Å². The lowest BCUT2D eigenvalue weighted by Crippen LogP contribution is -2.23. The van der Waals surface area contributed by atoms with Crippen LogP contribution in [0.3, 0.4) is 0 Å². The van der Waals surface area contributed by atoms with Gasteiger partial charge in [-0.3, -0.25) is 9.78 Å². The summed E-state index contributed by atoms with van der Waals surface area (Å²) in [5, 5.41) is 2.72. The first kappa shape index (κ1) is 10.1. The number of hydrogen-bond donors (Lipinski definition) is 2. The van der Waals surface area contributed by atoms with Crippen LogP contribution >= 0.6 is 0 Å². The van der Waals surface area contributed by atoms with Crippen molar-refractivity contribution in [2.45, 2.75) is 31.8 Å². The summed E-state index contributed by atoms with van der Waals surface area (Å²) >= 11 is 0. The number of amides is 1. The van der Waals surface area contributed by atoms with Gasteiger partial charge in [-0.1, -0.05) is 6.07 Å². The van der Waals surface area contributed by atoms with E-state index < -0.39 is 0 Å². The van der Waals surface area contributed by atoms with E-state index in [4.69, 9.17) is 5.73 Å². The van der Waals surface area contributed by atoms with Crippen molar-refractivity contribution in [1.29, 1.82) is 0 Å². The molecule has 1 aliphatic rings. The second-order valence-electron chi connectivity index (χ2n) is 4.08. The zero-order chi connectivity index (χ0) is 10.9. The zero-order valence-electron chi connectivity index (χ0n) is 8.79. The Labute approximate surface area is 88.9 Å². The first-order chi connectivity index (χ1) is 7.10. The predicted molar refractivity (Wildman–Crippen MR) is 56.9 cm³/mol. The van der Waals surface area contributed by atoms with Gasteiger partial charge in [0.15, 0.2) is 0 Å². The molecule has 0 bridgehead atoms. The largest absolute Gasteiger partial charge is 0.351 e. The molecule has 1 amide bonds. The SMILES string of the molecule is CC(=O)NCc1cccc(C2(N)CC2)n1.